The number of amides is 2. The average molecular weight is 182 g/mol. The lowest BCUT2D eigenvalue weighted by molar-refractivity contribution is -0.130. The Morgan fingerprint density at radius 3 is 3.08 bits per heavy atom. The Morgan fingerprint density at radius 1 is 1.62 bits per heavy atom. The SMILES string of the molecule is C=CCC(=O)N1CCNC(=O)CC1. The molecule has 72 valence electrons. The van der Waals surface area contributed by atoms with E-state index in [2.05, 4.69) is 11.9 Å². The molecule has 0 aromatic heterocycles. The van der Waals surface area contributed by atoms with Gasteiger partial charge in [0.15, 0.2) is 0 Å². The van der Waals surface area contributed by atoms with E-state index in [1.165, 1.54) is 0 Å². The second-order valence-electron chi connectivity index (χ2n) is 2.97. The summed E-state index contributed by atoms with van der Waals surface area (Å²) in [7, 11) is 0. The van der Waals surface area contributed by atoms with Gasteiger partial charge in [0.1, 0.15) is 0 Å². The summed E-state index contributed by atoms with van der Waals surface area (Å²) in [4.78, 5) is 24.0. The van der Waals surface area contributed by atoms with Crippen molar-refractivity contribution in [2.45, 2.75) is 12.8 Å². The van der Waals surface area contributed by atoms with Crippen molar-refractivity contribution < 1.29 is 9.59 Å². The molecule has 1 heterocycles. The van der Waals surface area contributed by atoms with Crippen molar-refractivity contribution in [3.05, 3.63) is 12.7 Å². The van der Waals surface area contributed by atoms with Crippen molar-refractivity contribution in [2.24, 2.45) is 0 Å². The lowest BCUT2D eigenvalue weighted by atomic mass is 10.3. The standard InChI is InChI=1S/C9H14N2O2/c1-2-3-9(13)11-6-4-8(12)10-5-7-11/h2H,1,3-7H2,(H,10,12). The molecule has 1 fully saturated rings. The maximum Gasteiger partial charge on any atom is 0.226 e. The number of nitrogens with zero attached hydrogens (tertiary/aromatic N) is 1. The molecular formula is C9H14N2O2. The van der Waals surface area contributed by atoms with Crippen LogP contribution >= 0.6 is 0 Å². The van der Waals surface area contributed by atoms with Gasteiger partial charge in [-0.1, -0.05) is 6.08 Å². The van der Waals surface area contributed by atoms with Crippen LogP contribution in [0.4, 0.5) is 0 Å². The normalized spacial score (nSPS) is 17.5. The molecule has 1 aliphatic heterocycles. The van der Waals surface area contributed by atoms with E-state index in [1.807, 2.05) is 0 Å². The molecule has 4 nitrogen and oxygen atoms in total. The number of hydrogen-bond donors (Lipinski definition) is 1. The molecule has 0 bridgehead atoms. The smallest absolute Gasteiger partial charge is 0.226 e. The van der Waals surface area contributed by atoms with Crippen LogP contribution in [0.1, 0.15) is 12.8 Å². The van der Waals surface area contributed by atoms with Gasteiger partial charge in [0, 0.05) is 32.5 Å². The van der Waals surface area contributed by atoms with Crippen molar-refractivity contribution in [2.75, 3.05) is 19.6 Å². The molecule has 0 spiro atoms. The highest BCUT2D eigenvalue weighted by atomic mass is 16.2. The minimum absolute atomic E-state index is 0.0221. The van der Waals surface area contributed by atoms with Crippen LogP contribution < -0.4 is 5.32 Å². The van der Waals surface area contributed by atoms with Crippen LogP contribution in [-0.2, 0) is 9.59 Å². The van der Waals surface area contributed by atoms with Gasteiger partial charge in [0.25, 0.3) is 0 Å². The van der Waals surface area contributed by atoms with Crippen LogP contribution in [0.3, 0.4) is 0 Å². The third kappa shape index (κ3) is 2.89. The first kappa shape index (κ1) is 9.77. The molecule has 0 aromatic carbocycles. The highest BCUT2D eigenvalue weighted by Crippen LogP contribution is 1.99. The Hall–Kier alpha value is -1.32. The van der Waals surface area contributed by atoms with Gasteiger partial charge in [0.2, 0.25) is 11.8 Å². The van der Waals surface area contributed by atoms with Gasteiger partial charge in [-0.15, -0.1) is 6.58 Å². The first-order valence-corrected chi connectivity index (χ1v) is 4.39. The van der Waals surface area contributed by atoms with Gasteiger partial charge in [0.05, 0.1) is 0 Å². The molecular weight excluding hydrogens is 168 g/mol. The zero-order chi connectivity index (χ0) is 9.68. The summed E-state index contributed by atoms with van der Waals surface area (Å²) in [5, 5.41) is 2.71. The maximum absolute atomic E-state index is 11.4. The van der Waals surface area contributed by atoms with Crippen molar-refractivity contribution in [1.82, 2.24) is 10.2 Å². The molecule has 0 aliphatic carbocycles. The molecule has 1 N–H and O–H groups in total. The summed E-state index contributed by atoms with van der Waals surface area (Å²) < 4.78 is 0. The van der Waals surface area contributed by atoms with Gasteiger partial charge in [-0.25, -0.2) is 0 Å². The Labute approximate surface area is 77.6 Å². The third-order valence-corrected chi connectivity index (χ3v) is 1.98. The summed E-state index contributed by atoms with van der Waals surface area (Å²) in [5.41, 5.74) is 0. The van der Waals surface area contributed by atoms with Gasteiger partial charge < -0.3 is 10.2 Å². The predicted octanol–water partition coefficient (Wildman–Crippen LogP) is -0.0890. The van der Waals surface area contributed by atoms with Crippen LogP contribution in [0.5, 0.6) is 0 Å². The fraction of sp³-hybridized carbons (Fsp3) is 0.556. The average Bonchev–Trinajstić information content (AvgIpc) is 2.30. The van der Waals surface area contributed by atoms with Crippen LogP contribution in [0.2, 0.25) is 0 Å². The largest absolute Gasteiger partial charge is 0.354 e. The summed E-state index contributed by atoms with van der Waals surface area (Å²) >= 11 is 0. The Bertz CT molecular complexity index is 226. The van der Waals surface area contributed by atoms with E-state index in [0.717, 1.165) is 0 Å². The predicted molar refractivity (Wildman–Crippen MR) is 49.0 cm³/mol. The van der Waals surface area contributed by atoms with E-state index in [-0.39, 0.29) is 11.8 Å². The molecule has 1 saturated heterocycles. The lowest BCUT2D eigenvalue weighted by Gasteiger charge is -2.18. The van der Waals surface area contributed by atoms with Gasteiger partial charge in [-0.2, -0.15) is 0 Å². The Balaban J connectivity index is 2.45. The highest BCUT2D eigenvalue weighted by Gasteiger charge is 2.16. The minimum atomic E-state index is 0.0221. The number of carbonyl (C=O) groups is 2. The van der Waals surface area contributed by atoms with Crippen LogP contribution in [0, 0.1) is 0 Å². The molecule has 4 heteroatoms. The van der Waals surface area contributed by atoms with E-state index < -0.39 is 0 Å². The van der Waals surface area contributed by atoms with Gasteiger partial charge in [-0.05, 0) is 0 Å². The van der Waals surface area contributed by atoms with Crippen molar-refractivity contribution >= 4 is 11.8 Å². The second-order valence-corrected chi connectivity index (χ2v) is 2.97. The molecule has 0 saturated carbocycles. The lowest BCUT2D eigenvalue weighted by Crippen LogP contribution is -2.33. The quantitative estimate of drug-likeness (QED) is 0.607. The van der Waals surface area contributed by atoms with E-state index in [9.17, 15) is 9.59 Å². The van der Waals surface area contributed by atoms with E-state index in [1.54, 1.807) is 11.0 Å². The summed E-state index contributed by atoms with van der Waals surface area (Å²) in [5.74, 6) is 0.0698. The molecule has 2 amide bonds. The van der Waals surface area contributed by atoms with Crippen molar-refractivity contribution in [1.29, 1.82) is 0 Å². The van der Waals surface area contributed by atoms with E-state index in [4.69, 9.17) is 0 Å². The van der Waals surface area contributed by atoms with Crippen LogP contribution in [0.25, 0.3) is 0 Å². The monoisotopic (exact) mass is 182 g/mol. The van der Waals surface area contributed by atoms with Gasteiger partial charge >= 0.3 is 0 Å². The molecule has 13 heavy (non-hydrogen) atoms. The topological polar surface area (TPSA) is 49.4 Å². The molecule has 0 aromatic rings. The summed E-state index contributed by atoms with van der Waals surface area (Å²) in [6.07, 6.45) is 2.35. The van der Waals surface area contributed by atoms with Crippen molar-refractivity contribution in [3.63, 3.8) is 0 Å². The number of nitrogens with one attached hydrogen (secondary N) is 1. The molecule has 1 aliphatic rings. The highest BCUT2D eigenvalue weighted by molar-refractivity contribution is 5.80. The second kappa shape index (κ2) is 4.64. The van der Waals surface area contributed by atoms with Crippen molar-refractivity contribution in [3.8, 4) is 0 Å². The fourth-order valence-electron chi connectivity index (χ4n) is 1.27. The molecule has 0 unspecified atom stereocenters. The Kier molecular flexibility index (Phi) is 3.49. The summed E-state index contributed by atoms with van der Waals surface area (Å²) in [6, 6.07) is 0. The number of hydrogen-bond acceptors (Lipinski definition) is 2. The molecule has 1 rings (SSSR count). The van der Waals surface area contributed by atoms with Crippen LogP contribution in [-0.4, -0.2) is 36.3 Å². The van der Waals surface area contributed by atoms with Crippen LogP contribution in [0.15, 0.2) is 12.7 Å². The first-order valence-electron chi connectivity index (χ1n) is 4.39. The third-order valence-electron chi connectivity index (χ3n) is 1.98. The molecule has 0 atom stereocenters. The van der Waals surface area contributed by atoms with E-state index in [0.29, 0.717) is 32.5 Å². The number of rotatable bonds is 2. The maximum atomic E-state index is 11.4. The summed E-state index contributed by atoms with van der Waals surface area (Å²) in [6.45, 7) is 5.20. The fourth-order valence-corrected chi connectivity index (χ4v) is 1.27. The molecule has 0 radical (unpaired) electrons. The first-order chi connectivity index (χ1) is 6.24. The van der Waals surface area contributed by atoms with Gasteiger partial charge in [-0.3, -0.25) is 9.59 Å². The van der Waals surface area contributed by atoms with E-state index >= 15 is 0 Å². The Morgan fingerprint density at radius 2 is 2.38 bits per heavy atom. The minimum Gasteiger partial charge on any atom is -0.354 e. The zero-order valence-corrected chi connectivity index (χ0v) is 7.58. The number of carbonyl (C=O) groups excluding carboxylic acids is 2. The zero-order valence-electron chi connectivity index (χ0n) is 7.58.